The summed E-state index contributed by atoms with van der Waals surface area (Å²) in [4.78, 5) is 22.2. The van der Waals surface area contributed by atoms with E-state index < -0.39 is 5.97 Å². The van der Waals surface area contributed by atoms with Crippen molar-refractivity contribution in [3.63, 3.8) is 0 Å². The summed E-state index contributed by atoms with van der Waals surface area (Å²) in [5, 5.41) is 0. The van der Waals surface area contributed by atoms with Gasteiger partial charge in [0.2, 0.25) is 0 Å². The minimum Gasteiger partial charge on any atom is -0.493 e. The first-order valence-electron chi connectivity index (χ1n) is 8.60. The maximum absolute atomic E-state index is 11.2. The Balaban J connectivity index is 2.52. The van der Waals surface area contributed by atoms with Crippen LogP contribution in [0.2, 0.25) is 0 Å². The average molecular weight is 336 g/mol. The maximum atomic E-state index is 11.2. The highest BCUT2D eigenvalue weighted by Crippen LogP contribution is 2.26. The molecule has 0 saturated carbocycles. The Morgan fingerprint density at radius 1 is 0.958 bits per heavy atom. The monoisotopic (exact) mass is 336 g/mol. The van der Waals surface area contributed by atoms with Crippen LogP contribution in [0.3, 0.4) is 0 Å². The van der Waals surface area contributed by atoms with Gasteiger partial charge >= 0.3 is 11.9 Å². The van der Waals surface area contributed by atoms with Crippen LogP contribution in [0, 0.1) is 0 Å². The molecule has 24 heavy (non-hydrogen) atoms. The van der Waals surface area contributed by atoms with Crippen molar-refractivity contribution in [3.8, 4) is 11.5 Å². The molecule has 5 nitrogen and oxygen atoms in total. The fourth-order valence-electron chi connectivity index (χ4n) is 2.25. The lowest BCUT2D eigenvalue weighted by Gasteiger charge is -2.12. The van der Waals surface area contributed by atoms with E-state index in [2.05, 4.69) is 6.92 Å². The zero-order chi connectivity index (χ0) is 17.8. The van der Waals surface area contributed by atoms with E-state index in [1.54, 1.807) is 18.2 Å². The molecule has 5 heteroatoms. The van der Waals surface area contributed by atoms with Crippen LogP contribution in [0.5, 0.6) is 11.5 Å². The Labute approximate surface area is 144 Å². The van der Waals surface area contributed by atoms with Crippen LogP contribution in [-0.4, -0.2) is 18.5 Å². The fraction of sp³-hybridized carbons (Fsp3) is 0.579. The number of carbonyl (C=O) groups is 2. The molecule has 0 radical (unpaired) electrons. The third-order valence-electron chi connectivity index (χ3n) is 3.49. The molecule has 0 heterocycles. The number of rotatable bonds is 11. The van der Waals surface area contributed by atoms with Gasteiger partial charge in [0, 0.05) is 25.5 Å². The second-order valence-corrected chi connectivity index (χ2v) is 5.76. The molecule has 1 rings (SSSR count). The van der Waals surface area contributed by atoms with Crippen molar-refractivity contribution in [2.24, 2.45) is 0 Å². The number of ether oxygens (including phenoxy) is 3. The van der Waals surface area contributed by atoms with Crippen molar-refractivity contribution in [1.82, 2.24) is 0 Å². The summed E-state index contributed by atoms with van der Waals surface area (Å²) in [6.45, 7) is 5.57. The summed E-state index contributed by atoms with van der Waals surface area (Å²) in [6.07, 6.45) is 7.20. The number of carbonyl (C=O) groups excluding carboxylic acids is 2. The molecule has 0 spiro atoms. The van der Waals surface area contributed by atoms with E-state index in [1.165, 1.54) is 39.5 Å². The number of hydrogen-bond donors (Lipinski definition) is 0. The zero-order valence-electron chi connectivity index (χ0n) is 14.9. The summed E-state index contributed by atoms with van der Waals surface area (Å²) in [7, 11) is 0. The van der Waals surface area contributed by atoms with Crippen molar-refractivity contribution in [1.29, 1.82) is 0 Å². The third-order valence-corrected chi connectivity index (χ3v) is 3.49. The summed E-state index contributed by atoms with van der Waals surface area (Å²) in [5.41, 5.74) is 0.632. The number of benzene rings is 1. The molecule has 0 aromatic heterocycles. The van der Waals surface area contributed by atoms with Gasteiger partial charge in [-0.25, -0.2) is 0 Å². The van der Waals surface area contributed by atoms with Gasteiger partial charge in [-0.3, -0.25) is 9.59 Å². The molecular weight excluding hydrogens is 308 g/mol. The summed E-state index contributed by atoms with van der Waals surface area (Å²) >= 11 is 0. The molecular formula is C19H28O5. The molecule has 134 valence electrons. The molecule has 0 amide bonds. The van der Waals surface area contributed by atoms with Gasteiger partial charge in [-0.1, -0.05) is 39.0 Å². The van der Waals surface area contributed by atoms with E-state index in [0.29, 0.717) is 23.7 Å². The molecule has 0 saturated heterocycles. The van der Waals surface area contributed by atoms with Gasteiger partial charge in [-0.05, 0) is 18.6 Å². The second kappa shape index (κ2) is 11.5. The van der Waals surface area contributed by atoms with Crippen LogP contribution in [0.15, 0.2) is 18.2 Å². The SMILES string of the molecule is CCCCCCCCOc1ccc(COC(C)=O)c(OC(C)=O)c1. The second-order valence-electron chi connectivity index (χ2n) is 5.76. The van der Waals surface area contributed by atoms with Gasteiger partial charge in [-0.15, -0.1) is 0 Å². The predicted octanol–water partition coefficient (Wildman–Crippen LogP) is 4.41. The molecule has 0 N–H and O–H groups in total. The summed E-state index contributed by atoms with van der Waals surface area (Å²) in [6, 6.07) is 5.21. The number of esters is 2. The standard InChI is InChI=1S/C19H28O5/c1-4-5-6-7-8-9-12-22-18-11-10-17(14-23-15(2)20)19(13-18)24-16(3)21/h10-11,13H,4-9,12,14H2,1-3H3. The molecule has 0 aliphatic heterocycles. The molecule has 0 atom stereocenters. The van der Waals surface area contributed by atoms with Gasteiger partial charge in [0.1, 0.15) is 18.1 Å². The van der Waals surface area contributed by atoms with Crippen LogP contribution in [0.4, 0.5) is 0 Å². The molecule has 0 bridgehead atoms. The highest BCUT2D eigenvalue weighted by atomic mass is 16.5. The van der Waals surface area contributed by atoms with Crippen LogP contribution in [-0.2, 0) is 20.9 Å². The van der Waals surface area contributed by atoms with E-state index >= 15 is 0 Å². The lowest BCUT2D eigenvalue weighted by molar-refractivity contribution is -0.142. The third kappa shape index (κ3) is 8.56. The lowest BCUT2D eigenvalue weighted by atomic mass is 10.1. The average Bonchev–Trinajstić information content (AvgIpc) is 2.52. The topological polar surface area (TPSA) is 61.8 Å². The first-order valence-corrected chi connectivity index (χ1v) is 8.60. The van der Waals surface area contributed by atoms with Crippen molar-refractivity contribution >= 4 is 11.9 Å². The summed E-state index contributed by atoms with van der Waals surface area (Å²) in [5.74, 6) is 0.204. The molecule has 0 fully saturated rings. The zero-order valence-corrected chi connectivity index (χ0v) is 14.9. The number of hydrogen-bond acceptors (Lipinski definition) is 5. The predicted molar refractivity (Wildman–Crippen MR) is 92.1 cm³/mol. The normalized spacial score (nSPS) is 10.3. The number of unbranched alkanes of at least 4 members (excludes halogenated alkanes) is 5. The van der Waals surface area contributed by atoms with E-state index in [4.69, 9.17) is 14.2 Å². The van der Waals surface area contributed by atoms with Crippen LogP contribution in [0.1, 0.15) is 64.9 Å². The van der Waals surface area contributed by atoms with Crippen LogP contribution < -0.4 is 9.47 Å². The minimum absolute atomic E-state index is 0.0651. The van der Waals surface area contributed by atoms with Gasteiger partial charge in [-0.2, -0.15) is 0 Å². The highest BCUT2D eigenvalue weighted by molar-refractivity contribution is 5.70. The Morgan fingerprint density at radius 2 is 1.67 bits per heavy atom. The van der Waals surface area contributed by atoms with Gasteiger partial charge < -0.3 is 14.2 Å². The van der Waals surface area contributed by atoms with Crippen molar-refractivity contribution in [2.75, 3.05) is 6.61 Å². The smallest absolute Gasteiger partial charge is 0.308 e. The molecule has 0 aliphatic rings. The molecule has 0 unspecified atom stereocenters. The fourth-order valence-corrected chi connectivity index (χ4v) is 2.25. The van der Waals surface area contributed by atoms with Gasteiger partial charge in [0.15, 0.2) is 0 Å². The van der Waals surface area contributed by atoms with E-state index in [9.17, 15) is 9.59 Å². The van der Waals surface area contributed by atoms with Crippen LogP contribution in [0.25, 0.3) is 0 Å². The summed E-state index contributed by atoms with van der Waals surface area (Å²) < 4.78 is 15.9. The Bertz CT molecular complexity index is 524. The van der Waals surface area contributed by atoms with E-state index in [-0.39, 0.29) is 12.6 Å². The lowest BCUT2D eigenvalue weighted by Crippen LogP contribution is -2.07. The Morgan fingerprint density at radius 3 is 2.33 bits per heavy atom. The van der Waals surface area contributed by atoms with Crippen molar-refractivity contribution in [3.05, 3.63) is 23.8 Å². The first kappa shape index (κ1) is 20.0. The van der Waals surface area contributed by atoms with Gasteiger partial charge in [0.05, 0.1) is 6.61 Å². The molecule has 1 aromatic rings. The van der Waals surface area contributed by atoms with E-state index in [0.717, 1.165) is 12.8 Å². The maximum Gasteiger partial charge on any atom is 0.308 e. The van der Waals surface area contributed by atoms with Gasteiger partial charge in [0.25, 0.3) is 0 Å². The van der Waals surface area contributed by atoms with Crippen LogP contribution >= 0.6 is 0 Å². The van der Waals surface area contributed by atoms with Crippen molar-refractivity contribution < 1.29 is 23.8 Å². The molecule has 1 aromatic carbocycles. The minimum atomic E-state index is -0.424. The largest absolute Gasteiger partial charge is 0.493 e. The Kier molecular flexibility index (Phi) is 9.58. The first-order chi connectivity index (χ1) is 11.5. The van der Waals surface area contributed by atoms with E-state index in [1.807, 2.05) is 0 Å². The quantitative estimate of drug-likeness (QED) is 0.340. The highest BCUT2D eigenvalue weighted by Gasteiger charge is 2.10. The Hall–Kier alpha value is -2.04. The van der Waals surface area contributed by atoms with Crippen molar-refractivity contribution in [2.45, 2.75) is 65.9 Å². The molecule has 0 aliphatic carbocycles.